The molecule has 8 nitrogen and oxygen atoms in total. The van der Waals surface area contributed by atoms with E-state index in [0.29, 0.717) is 22.6 Å². The quantitative estimate of drug-likeness (QED) is 0.389. The van der Waals surface area contributed by atoms with Crippen LogP contribution < -0.4 is 14.9 Å². The molecule has 1 N–H and O–H groups in total. The summed E-state index contributed by atoms with van der Waals surface area (Å²) < 4.78 is 17.4. The van der Waals surface area contributed by atoms with E-state index < -0.39 is 5.97 Å². The third kappa shape index (κ3) is 4.00. The molecule has 0 unspecified atom stereocenters. The number of nitrogens with zero attached hydrogens (tertiary/aromatic N) is 2. The van der Waals surface area contributed by atoms with Gasteiger partial charge in [-0.05, 0) is 56.3 Å². The molecule has 0 saturated carbocycles. The van der Waals surface area contributed by atoms with Gasteiger partial charge in [-0.2, -0.15) is 5.10 Å². The number of hydrazone groups is 1. The first kappa shape index (κ1) is 20.2. The van der Waals surface area contributed by atoms with Crippen LogP contribution in [0.25, 0.3) is 5.69 Å². The fourth-order valence-electron chi connectivity index (χ4n) is 3.47. The summed E-state index contributed by atoms with van der Waals surface area (Å²) in [4.78, 5) is 24.2. The lowest BCUT2D eigenvalue weighted by Gasteiger charge is -2.11. The number of rotatable bonds is 5. The van der Waals surface area contributed by atoms with Crippen molar-refractivity contribution < 1.29 is 23.8 Å². The smallest absolute Gasteiger partial charge is 0.337 e. The van der Waals surface area contributed by atoms with Crippen molar-refractivity contribution in [1.29, 1.82) is 0 Å². The lowest BCUT2D eigenvalue weighted by atomic mass is 10.2. The minimum Gasteiger partial charge on any atom is -0.465 e. The average Bonchev–Trinajstić information content (AvgIpc) is 3.36. The maximum atomic E-state index is 12.4. The molecule has 0 aliphatic carbocycles. The average molecular weight is 419 g/mol. The summed E-state index contributed by atoms with van der Waals surface area (Å²) in [5.41, 5.74) is 6.98. The summed E-state index contributed by atoms with van der Waals surface area (Å²) in [5.74, 6) is 0.407. The molecule has 8 heteroatoms. The van der Waals surface area contributed by atoms with Gasteiger partial charge in [-0.3, -0.25) is 4.79 Å². The van der Waals surface area contributed by atoms with E-state index in [1.54, 1.807) is 42.6 Å². The van der Waals surface area contributed by atoms with Crippen LogP contribution >= 0.6 is 0 Å². The SMILES string of the molecule is COC(=O)c1cccc(-n2c(C)cc(/C=N\NC(=O)c3ccc4c(c3)OCO4)c2C)c1. The maximum Gasteiger partial charge on any atom is 0.337 e. The van der Waals surface area contributed by atoms with E-state index >= 15 is 0 Å². The number of hydrogen-bond acceptors (Lipinski definition) is 6. The standard InChI is InChI=1S/C23H21N3O5/c1-14-9-18(15(2)26(14)19-6-4-5-17(10-19)23(28)29-3)12-24-25-22(27)16-7-8-20-21(11-16)31-13-30-20/h4-12H,13H2,1-3H3,(H,25,27)/b24-12-. The first-order valence-electron chi connectivity index (χ1n) is 9.58. The van der Waals surface area contributed by atoms with Gasteiger partial charge in [-0.15, -0.1) is 0 Å². The number of esters is 1. The third-order valence-corrected chi connectivity index (χ3v) is 5.00. The summed E-state index contributed by atoms with van der Waals surface area (Å²) in [5, 5.41) is 4.10. The topological polar surface area (TPSA) is 91.2 Å². The molecular formula is C23H21N3O5. The van der Waals surface area contributed by atoms with Crippen LogP contribution in [0, 0.1) is 13.8 Å². The van der Waals surface area contributed by atoms with Crippen LogP contribution in [0.4, 0.5) is 0 Å². The number of ether oxygens (including phenoxy) is 3. The van der Waals surface area contributed by atoms with Crippen molar-refractivity contribution >= 4 is 18.1 Å². The fourth-order valence-corrected chi connectivity index (χ4v) is 3.47. The molecule has 0 atom stereocenters. The molecule has 0 saturated heterocycles. The Balaban J connectivity index is 1.52. The van der Waals surface area contributed by atoms with Gasteiger partial charge in [0.15, 0.2) is 11.5 Å². The molecule has 1 aromatic heterocycles. The second-order valence-corrected chi connectivity index (χ2v) is 6.97. The summed E-state index contributed by atoms with van der Waals surface area (Å²) in [7, 11) is 1.35. The predicted molar refractivity (Wildman–Crippen MR) is 114 cm³/mol. The Labute approximate surface area is 179 Å². The molecule has 4 rings (SSSR count). The van der Waals surface area contributed by atoms with Crippen molar-refractivity contribution in [1.82, 2.24) is 9.99 Å². The van der Waals surface area contributed by atoms with Gasteiger partial charge in [-0.25, -0.2) is 10.2 Å². The number of nitrogens with one attached hydrogen (secondary N) is 1. The van der Waals surface area contributed by atoms with E-state index in [0.717, 1.165) is 22.6 Å². The van der Waals surface area contributed by atoms with E-state index in [4.69, 9.17) is 14.2 Å². The number of benzene rings is 2. The summed E-state index contributed by atoms with van der Waals surface area (Å²) in [6.45, 7) is 4.05. The van der Waals surface area contributed by atoms with Crippen LogP contribution in [-0.4, -0.2) is 36.6 Å². The number of amides is 1. The molecule has 1 amide bonds. The maximum absolute atomic E-state index is 12.4. The van der Waals surface area contributed by atoms with Gasteiger partial charge in [-0.1, -0.05) is 6.07 Å². The zero-order valence-corrected chi connectivity index (χ0v) is 17.3. The molecule has 158 valence electrons. The van der Waals surface area contributed by atoms with E-state index in [9.17, 15) is 9.59 Å². The molecule has 0 radical (unpaired) electrons. The Bertz CT molecular complexity index is 1200. The van der Waals surface area contributed by atoms with Gasteiger partial charge in [0.25, 0.3) is 5.91 Å². The number of carbonyl (C=O) groups is 2. The van der Waals surface area contributed by atoms with Gasteiger partial charge in [0.2, 0.25) is 6.79 Å². The van der Waals surface area contributed by atoms with Gasteiger partial charge in [0, 0.05) is 28.2 Å². The van der Waals surface area contributed by atoms with Gasteiger partial charge in [0.1, 0.15) is 0 Å². The predicted octanol–water partition coefficient (Wildman–Crippen LogP) is 3.37. The second-order valence-electron chi connectivity index (χ2n) is 6.97. The van der Waals surface area contributed by atoms with Crippen LogP contribution in [0.3, 0.4) is 0 Å². The summed E-state index contributed by atoms with van der Waals surface area (Å²) in [6.07, 6.45) is 1.59. The number of aryl methyl sites for hydroxylation is 1. The highest BCUT2D eigenvalue weighted by molar-refractivity contribution is 5.95. The van der Waals surface area contributed by atoms with E-state index in [1.165, 1.54) is 7.11 Å². The molecule has 1 aliphatic rings. The van der Waals surface area contributed by atoms with Gasteiger partial charge >= 0.3 is 5.97 Å². The molecule has 0 spiro atoms. The van der Waals surface area contributed by atoms with E-state index in [-0.39, 0.29) is 12.7 Å². The van der Waals surface area contributed by atoms with Crippen LogP contribution in [0.5, 0.6) is 11.5 Å². The zero-order valence-electron chi connectivity index (χ0n) is 17.3. The Morgan fingerprint density at radius 3 is 2.68 bits per heavy atom. The Morgan fingerprint density at radius 2 is 1.87 bits per heavy atom. The van der Waals surface area contributed by atoms with Crippen molar-refractivity contribution in [3.8, 4) is 17.2 Å². The Morgan fingerprint density at radius 1 is 1.06 bits per heavy atom. The monoisotopic (exact) mass is 419 g/mol. The highest BCUT2D eigenvalue weighted by Crippen LogP contribution is 2.32. The van der Waals surface area contributed by atoms with Gasteiger partial charge < -0.3 is 18.8 Å². The number of carbonyl (C=O) groups excluding carboxylic acids is 2. The minimum atomic E-state index is -0.391. The highest BCUT2D eigenvalue weighted by Gasteiger charge is 2.16. The van der Waals surface area contributed by atoms with Crippen LogP contribution in [-0.2, 0) is 4.74 Å². The number of aromatic nitrogens is 1. The molecule has 1 aliphatic heterocycles. The molecule has 3 aromatic rings. The molecule has 0 bridgehead atoms. The van der Waals surface area contributed by atoms with Crippen molar-refractivity contribution in [3.05, 3.63) is 76.6 Å². The summed E-state index contributed by atoms with van der Waals surface area (Å²) in [6, 6.07) is 14.1. The largest absolute Gasteiger partial charge is 0.465 e. The second kappa shape index (κ2) is 8.35. The Hall–Kier alpha value is -4.07. The van der Waals surface area contributed by atoms with E-state index in [1.807, 2.05) is 30.5 Å². The molecule has 2 heterocycles. The zero-order chi connectivity index (χ0) is 22.0. The van der Waals surface area contributed by atoms with Gasteiger partial charge in [0.05, 0.1) is 18.9 Å². The van der Waals surface area contributed by atoms with Crippen LogP contribution in [0.15, 0.2) is 53.6 Å². The number of methoxy groups -OCH3 is 1. The third-order valence-electron chi connectivity index (χ3n) is 5.00. The minimum absolute atomic E-state index is 0.150. The van der Waals surface area contributed by atoms with Crippen LogP contribution in [0.2, 0.25) is 0 Å². The van der Waals surface area contributed by atoms with Crippen molar-refractivity contribution in [3.63, 3.8) is 0 Å². The molecule has 0 fully saturated rings. The molecule has 2 aromatic carbocycles. The number of fused-ring (bicyclic) bond motifs is 1. The highest BCUT2D eigenvalue weighted by atomic mass is 16.7. The normalized spacial score (nSPS) is 12.2. The molecule has 31 heavy (non-hydrogen) atoms. The van der Waals surface area contributed by atoms with Crippen molar-refractivity contribution in [2.24, 2.45) is 5.10 Å². The van der Waals surface area contributed by atoms with Crippen molar-refractivity contribution in [2.45, 2.75) is 13.8 Å². The van der Waals surface area contributed by atoms with Crippen molar-refractivity contribution in [2.75, 3.05) is 13.9 Å². The Kier molecular flexibility index (Phi) is 5.44. The summed E-state index contributed by atoms with van der Waals surface area (Å²) >= 11 is 0. The molecular weight excluding hydrogens is 398 g/mol. The lowest BCUT2D eigenvalue weighted by Crippen LogP contribution is -2.17. The van der Waals surface area contributed by atoms with Crippen LogP contribution in [0.1, 0.15) is 37.7 Å². The lowest BCUT2D eigenvalue weighted by molar-refractivity contribution is 0.0600. The number of hydrogen-bond donors (Lipinski definition) is 1. The fraction of sp³-hybridized carbons (Fsp3) is 0.174. The first-order chi connectivity index (χ1) is 15.0. The first-order valence-corrected chi connectivity index (χ1v) is 9.58. The van der Waals surface area contributed by atoms with E-state index in [2.05, 4.69) is 10.5 Å².